The third kappa shape index (κ3) is 3.24. The summed E-state index contributed by atoms with van der Waals surface area (Å²) >= 11 is 6.15. The SMILES string of the molecule is O=C(O)CC1CCCN1C(=O)C1CC(=O)N(c2ccccc2Cl)C1. The number of likely N-dealkylation sites (tertiary alicyclic amines) is 1. The van der Waals surface area contributed by atoms with Crippen LogP contribution in [-0.2, 0) is 14.4 Å². The molecule has 2 fully saturated rings. The molecule has 2 atom stereocenters. The lowest BCUT2D eigenvalue weighted by molar-refractivity contribution is -0.141. The normalized spacial score (nSPS) is 23.8. The van der Waals surface area contributed by atoms with Crippen molar-refractivity contribution in [3.63, 3.8) is 0 Å². The Kier molecular flexibility index (Phi) is 4.76. The van der Waals surface area contributed by atoms with Gasteiger partial charge in [0.25, 0.3) is 0 Å². The Bertz CT molecular complexity index is 678. The summed E-state index contributed by atoms with van der Waals surface area (Å²) < 4.78 is 0. The van der Waals surface area contributed by atoms with Gasteiger partial charge in [0.05, 0.1) is 23.0 Å². The van der Waals surface area contributed by atoms with E-state index in [1.807, 2.05) is 0 Å². The molecular formula is C17H19ClN2O4. The van der Waals surface area contributed by atoms with Crippen LogP contribution in [0.4, 0.5) is 5.69 Å². The van der Waals surface area contributed by atoms with E-state index in [0.717, 1.165) is 6.42 Å². The van der Waals surface area contributed by atoms with Gasteiger partial charge in [-0.3, -0.25) is 14.4 Å². The molecule has 6 nitrogen and oxygen atoms in total. The Morgan fingerprint density at radius 2 is 2.04 bits per heavy atom. The monoisotopic (exact) mass is 350 g/mol. The van der Waals surface area contributed by atoms with Gasteiger partial charge in [-0.2, -0.15) is 0 Å². The van der Waals surface area contributed by atoms with Crippen LogP contribution in [-0.4, -0.2) is 46.9 Å². The lowest BCUT2D eigenvalue weighted by atomic mass is 10.1. The summed E-state index contributed by atoms with van der Waals surface area (Å²) in [4.78, 5) is 39.2. The first-order valence-corrected chi connectivity index (χ1v) is 8.42. The van der Waals surface area contributed by atoms with Crippen molar-refractivity contribution in [1.29, 1.82) is 0 Å². The quantitative estimate of drug-likeness (QED) is 0.902. The Balaban J connectivity index is 1.72. The molecule has 1 aromatic carbocycles. The Labute approximate surface area is 145 Å². The predicted molar refractivity (Wildman–Crippen MR) is 88.9 cm³/mol. The highest BCUT2D eigenvalue weighted by molar-refractivity contribution is 6.33. The van der Waals surface area contributed by atoms with E-state index in [1.54, 1.807) is 34.1 Å². The summed E-state index contributed by atoms with van der Waals surface area (Å²) in [7, 11) is 0. The third-order valence-electron chi connectivity index (χ3n) is 4.69. The van der Waals surface area contributed by atoms with E-state index in [4.69, 9.17) is 16.7 Å². The second-order valence-corrected chi connectivity index (χ2v) is 6.69. The van der Waals surface area contributed by atoms with Crippen LogP contribution in [0.25, 0.3) is 0 Å². The predicted octanol–water partition coefficient (Wildman–Crippen LogP) is 2.16. The van der Waals surface area contributed by atoms with E-state index in [9.17, 15) is 14.4 Å². The molecule has 0 saturated carbocycles. The highest BCUT2D eigenvalue weighted by Crippen LogP contribution is 2.33. The largest absolute Gasteiger partial charge is 0.481 e. The van der Waals surface area contributed by atoms with Crippen LogP contribution in [0.3, 0.4) is 0 Å². The van der Waals surface area contributed by atoms with Crippen LogP contribution in [0, 0.1) is 5.92 Å². The fourth-order valence-corrected chi connectivity index (χ4v) is 3.79. The van der Waals surface area contributed by atoms with Gasteiger partial charge in [-0.05, 0) is 25.0 Å². The molecule has 1 aromatic rings. The van der Waals surface area contributed by atoms with Crippen LogP contribution in [0.15, 0.2) is 24.3 Å². The van der Waals surface area contributed by atoms with Gasteiger partial charge in [0, 0.05) is 25.6 Å². The molecule has 2 aliphatic heterocycles. The number of anilines is 1. The van der Waals surface area contributed by atoms with Gasteiger partial charge >= 0.3 is 5.97 Å². The topological polar surface area (TPSA) is 77.9 Å². The van der Waals surface area contributed by atoms with Gasteiger partial charge in [0.2, 0.25) is 11.8 Å². The van der Waals surface area contributed by atoms with Gasteiger partial charge in [0.1, 0.15) is 0 Å². The highest BCUT2D eigenvalue weighted by atomic mass is 35.5. The van der Waals surface area contributed by atoms with Crippen LogP contribution < -0.4 is 4.90 Å². The maximum atomic E-state index is 12.8. The van der Waals surface area contributed by atoms with Gasteiger partial charge in [0.15, 0.2) is 0 Å². The van der Waals surface area contributed by atoms with E-state index < -0.39 is 11.9 Å². The number of hydrogen-bond donors (Lipinski definition) is 1. The molecule has 2 heterocycles. The zero-order valence-corrected chi connectivity index (χ0v) is 13.9. The number of benzene rings is 1. The van der Waals surface area contributed by atoms with Crippen molar-refractivity contribution in [2.24, 2.45) is 5.92 Å². The Morgan fingerprint density at radius 1 is 1.29 bits per heavy atom. The number of halogens is 1. The van der Waals surface area contributed by atoms with Crippen molar-refractivity contribution in [3.05, 3.63) is 29.3 Å². The lowest BCUT2D eigenvalue weighted by Gasteiger charge is -2.26. The molecular weight excluding hydrogens is 332 g/mol. The second kappa shape index (κ2) is 6.81. The first-order valence-electron chi connectivity index (χ1n) is 8.04. The molecule has 2 unspecified atom stereocenters. The summed E-state index contributed by atoms with van der Waals surface area (Å²) in [5.74, 6) is -1.60. The molecule has 2 amide bonds. The molecule has 128 valence electrons. The number of para-hydroxylation sites is 1. The number of rotatable bonds is 4. The summed E-state index contributed by atoms with van der Waals surface area (Å²) in [6.45, 7) is 0.852. The van der Waals surface area contributed by atoms with Crippen LogP contribution >= 0.6 is 11.6 Å². The average Bonchev–Trinajstić information content (AvgIpc) is 3.13. The molecule has 0 bridgehead atoms. The maximum Gasteiger partial charge on any atom is 0.305 e. The smallest absolute Gasteiger partial charge is 0.305 e. The molecule has 2 saturated heterocycles. The Hall–Kier alpha value is -2.08. The number of carbonyl (C=O) groups excluding carboxylic acids is 2. The van der Waals surface area contributed by atoms with E-state index in [0.29, 0.717) is 23.7 Å². The molecule has 1 N–H and O–H groups in total. The summed E-state index contributed by atoms with van der Waals surface area (Å²) in [5, 5.41) is 9.46. The Morgan fingerprint density at radius 3 is 2.75 bits per heavy atom. The number of nitrogens with zero attached hydrogens (tertiary/aromatic N) is 2. The molecule has 3 rings (SSSR count). The van der Waals surface area contributed by atoms with Crippen LogP contribution in [0.5, 0.6) is 0 Å². The minimum Gasteiger partial charge on any atom is -0.481 e. The van der Waals surface area contributed by atoms with Gasteiger partial charge < -0.3 is 14.9 Å². The molecule has 0 radical (unpaired) electrons. The summed E-state index contributed by atoms with van der Waals surface area (Å²) in [6, 6.07) is 6.79. The number of carboxylic acids is 1. The molecule has 2 aliphatic rings. The lowest BCUT2D eigenvalue weighted by Crippen LogP contribution is -2.41. The average molecular weight is 351 g/mol. The van der Waals surface area contributed by atoms with Crippen molar-refractivity contribution < 1.29 is 19.5 Å². The molecule has 24 heavy (non-hydrogen) atoms. The van der Waals surface area contributed by atoms with E-state index in [2.05, 4.69) is 0 Å². The summed E-state index contributed by atoms with van der Waals surface area (Å²) in [5.41, 5.74) is 0.614. The van der Waals surface area contributed by atoms with Crippen molar-refractivity contribution in [2.75, 3.05) is 18.0 Å². The first-order chi connectivity index (χ1) is 11.5. The number of carboxylic acid groups (broad SMARTS) is 1. The minimum atomic E-state index is -0.903. The molecule has 0 aliphatic carbocycles. The number of amides is 2. The van der Waals surface area contributed by atoms with Crippen molar-refractivity contribution in [3.8, 4) is 0 Å². The van der Waals surface area contributed by atoms with Gasteiger partial charge in [-0.1, -0.05) is 23.7 Å². The number of carbonyl (C=O) groups is 3. The summed E-state index contributed by atoms with van der Waals surface area (Å²) in [6.07, 6.45) is 1.60. The first kappa shape index (κ1) is 16.8. The van der Waals surface area contributed by atoms with Gasteiger partial charge in [-0.15, -0.1) is 0 Å². The van der Waals surface area contributed by atoms with E-state index in [1.165, 1.54) is 0 Å². The zero-order chi connectivity index (χ0) is 17.3. The zero-order valence-electron chi connectivity index (χ0n) is 13.2. The highest BCUT2D eigenvalue weighted by Gasteiger charge is 2.40. The second-order valence-electron chi connectivity index (χ2n) is 6.28. The van der Waals surface area contributed by atoms with Crippen molar-refractivity contribution in [2.45, 2.75) is 31.7 Å². The molecule has 7 heteroatoms. The van der Waals surface area contributed by atoms with Crippen molar-refractivity contribution in [1.82, 2.24) is 4.90 Å². The van der Waals surface area contributed by atoms with Crippen LogP contribution in [0.2, 0.25) is 5.02 Å². The van der Waals surface area contributed by atoms with Gasteiger partial charge in [-0.25, -0.2) is 0 Å². The third-order valence-corrected chi connectivity index (χ3v) is 5.01. The number of hydrogen-bond acceptors (Lipinski definition) is 3. The van der Waals surface area contributed by atoms with Crippen molar-refractivity contribution >= 4 is 35.1 Å². The van der Waals surface area contributed by atoms with E-state index >= 15 is 0 Å². The number of aliphatic carboxylic acids is 1. The fraction of sp³-hybridized carbons (Fsp3) is 0.471. The standard InChI is InChI=1S/C17H19ClN2O4/c18-13-5-1-2-6-14(13)20-10-11(8-15(20)21)17(24)19-7-3-4-12(19)9-16(22)23/h1-2,5-6,11-12H,3-4,7-10H2,(H,22,23). The minimum absolute atomic E-state index is 0.0410. The fourth-order valence-electron chi connectivity index (χ4n) is 3.55. The molecule has 0 spiro atoms. The maximum absolute atomic E-state index is 12.8. The molecule has 0 aromatic heterocycles. The van der Waals surface area contributed by atoms with Crippen LogP contribution in [0.1, 0.15) is 25.7 Å². The van der Waals surface area contributed by atoms with E-state index in [-0.39, 0.29) is 37.2 Å².